The van der Waals surface area contributed by atoms with Crippen LogP contribution < -0.4 is 15.0 Å². The van der Waals surface area contributed by atoms with Gasteiger partial charge in [0, 0.05) is 38.4 Å². The molecule has 1 N–H and O–H groups in total. The highest BCUT2D eigenvalue weighted by molar-refractivity contribution is 7.18. The fourth-order valence-electron chi connectivity index (χ4n) is 6.28. The summed E-state index contributed by atoms with van der Waals surface area (Å²) in [6.45, 7) is 5.56. The monoisotopic (exact) mass is 603 g/mol. The quantitative estimate of drug-likeness (QED) is 0.362. The molecule has 0 spiro atoms. The Bertz CT molecular complexity index is 1730. The zero-order chi connectivity index (χ0) is 29.7. The molecule has 4 aromatic rings. The number of nitrogens with one attached hydrogen (secondary N) is 1. The van der Waals surface area contributed by atoms with Crippen LogP contribution in [-0.2, 0) is 4.74 Å². The summed E-state index contributed by atoms with van der Waals surface area (Å²) in [4.78, 5) is 46.4. The number of methoxy groups -OCH3 is 1. The van der Waals surface area contributed by atoms with Gasteiger partial charge in [0.05, 0.1) is 53.0 Å². The van der Waals surface area contributed by atoms with Crippen LogP contribution in [0.3, 0.4) is 0 Å². The lowest BCUT2D eigenvalue weighted by Crippen LogP contribution is -2.55. The van der Waals surface area contributed by atoms with Gasteiger partial charge in [-0.15, -0.1) is 11.3 Å². The number of halogens is 1. The zero-order valence-electron chi connectivity index (χ0n) is 23.7. The topological polar surface area (TPSA) is 113 Å². The van der Waals surface area contributed by atoms with Crippen LogP contribution in [0.1, 0.15) is 21.9 Å². The number of thiazole rings is 1. The number of fused-ring (bicyclic) bond motifs is 3. The number of morpholine rings is 1. The molecule has 2 atom stereocenters. The van der Waals surface area contributed by atoms with Crippen molar-refractivity contribution < 1.29 is 23.5 Å². The minimum atomic E-state index is -0.547. The molecule has 2 aromatic heterocycles. The summed E-state index contributed by atoms with van der Waals surface area (Å²) in [6.07, 6.45) is 2.28. The normalized spacial score (nSPS) is 19.7. The van der Waals surface area contributed by atoms with Gasteiger partial charge >= 0.3 is 6.03 Å². The number of carbonyl (C=O) groups excluding carboxylic acids is 2. The summed E-state index contributed by atoms with van der Waals surface area (Å²) in [5.41, 5.74) is 2.43. The fourth-order valence-corrected chi connectivity index (χ4v) is 7.11. The van der Waals surface area contributed by atoms with Gasteiger partial charge in [-0.25, -0.2) is 24.1 Å². The second kappa shape index (κ2) is 11.0. The number of benzene rings is 2. The number of urea groups is 1. The number of anilines is 2. The first-order valence-corrected chi connectivity index (χ1v) is 15.0. The zero-order valence-corrected chi connectivity index (χ0v) is 24.6. The van der Waals surface area contributed by atoms with Crippen molar-refractivity contribution in [1.82, 2.24) is 24.8 Å². The van der Waals surface area contributed by atoms with E-state index in [9.17, 15) is 14.0 Å². The number of rotatable bonds is 5. The van der Waals surface area contributed by atoms with E-state index in [-0.39, 0.29) is 40.9 Å². The Kier molecular flexibility index (Phi) is 7.06. The molecule has 7 rings (SSSR count). The number of piperazine rings is 1. The summed E-state index contributed by atoms with van der Waals surface area (Å²) in [7, 11) is 1.44. The van der Waals surface area contributed by atoms with Gasteiger partial charge in [0.2, 0.25) is 0 Å². The minimum Gasteiger partial charge on any atom is -0.496 e. The molecule has 0 radical (unpaired) electrons. The van der Waals surface area contributed by atoms with Crippen molar-refractivity contribution in [3.8, 4) is 17.1 Å². The van der Waals surface area contributed by atoms with Crippen molar-refractivity contribution in [3.05, 3.63) is 59.1 Å². The lowest BCUT2D eigenvalue weighted by Gasteiger charge is -2.39. The van der Waals surface area contributed by atoms with Crippen molar-refractivity contribution in [1.29, 1.82) is 0 Å². The molecule has 13 heteroatoms. The van der Waals surface area contributed by atoms with Gasteiger partial charge in [0.15, 0.2) is 5.82 Å². The molecule has 3 aliphatic heterocycles. The van der Waals surface area contributed by atoms with Crippen molar-refractivity contribution in [2.24, 2.45) is 0 Å². The average Bonchev–Trinajstić information content (AvgIpc) is 3.74. The summed E-state index contributed by atoms with van der Waals surface area (Å²) in [6, 6.07) is 10.0. The Hall–Kier alpha value is -4.36. The largest absolute Gasteiger partial charge is 0.496 e. The minimum absolute atomic E-state index is 0.0512. The maximum Gasteiger partial charge on any atom is 0.320 e. The van der Waals surface area contributed by atoms with E-state index in [1.165, 1.54) is 31.5 Å². The number of likely N-dealkylation sites (tertiary alicyclic amines) is 1. The van der Waals surface area contributed by atoms with Crippen LogP contribution in [0.2, 0.25) is 0 Å². The molecule has 3 fully saturated rings. The molecule has 3 amide bonds. The number of hydrogen-bond donors (Lipinski definition) is 1. The Morgan fingerprint density at radius 2 is 1.93 bits per heavy atom. The molecule has 2 bridgehead atoms. The number of aromatic nitrogens is 3. The Balaban J connectivity index is 1.18. The highest BCUT2D eigenvalue weighted by Crippen LogP contribution is 2.43. The molecule has 0 saturated carbocycles. The van der Waals surface area contributed by atoms with E-state index >= 15 is 0 Å². The molecule has 3 aliphatic rings. The fraction of sp³-hybridized carbons (Fsp3) is 0.367. The lowest BCUT2D eigenvalue weighted by atomic mass is 10.1. The Morgan fingerprint density at radius 3 is 2.70 bits per heavy atom. The first-order valence-electron chi connectivity index (χ1n) is 14.2. The van der Waals surface area contributed by atoms with Gasteiger partial charge in [-0.05, 0) is 43.7 Å². The summed E-state index contributed by atoms with van der Waals surface area (Å²) < 4.78 is 26.5. The van der Waals surface area contributed by atoms with Gasteiger partial charge in [-0.2, -0.15) is 0 Å². The van der Waals surface area contributed by atoms with Gasteiger partial charge in [-0.3, -0.25) is 4.79 Å². The van der Waals surface area contributed by atoms with Crippen LogP contribution in [-0.4, -0.2) is 95.3 Å². The summed E-state index contributed by atoms with van der Waals surface area (Å²) in [5, 5.41) is 3.96. The van der Waals surface area contributed by atoms with E-state index in [1.54, 1.807) is 17.4 Å². The number of aryl methyl sites for hydroxylation is 1. The van der Waals surface area contributed by atoms with E-state index < -0.39 is 11.7 Å². The number of ether oxygens (including phenoxy) is 2. The Labute approximate surface area is 251 Å². The molecule has 222 valence electrons. The lowest BCUT2D eigenvalue weighted by molar-refractivity contribution is 0.0417. The van der Waals surface area contributed by atoms with Gasteiger partial charge in [-0.1, -0.05) is 6.07 Å². The number of amides is 3. The van der Waals surface area contributed by atoms with E-state index in [2.05, 4.69) is 20.2 Å². The smallest absolute Gasteiger partial charge is 0.320 e. The van der Waals surface area contributed by atoms with Crippen LogP contribution in [0.4, 0.5) is 20.6 Å². The maximum atomic E-state index is 14.7. The second-order valence-electron chi connectivity index (χ2n) is 10.8. The molecular weight excluding hydrogens is 573 g/mol. The van der Waals surface area contributed by atoms with Crippen molar-refractivity contribution >= 4 is 44.9 Å². The van der Waals surface area contributed by atoms with E-state index in [1.807, 2.05) is 28.9 Å². The van der Waals surface area contributed by atoms with Crippen LogP contribution >= 0.6 is 11.3 Å². The van der Waals surface area contributed by atoms with Crippen molar-refractivity contribution in [2.45, 2.75) is 25.4 Å². The van der Waals surface area contributed by atoms with Crippen LogP contribution in [0, 0.1) is 12.7 Å². The highest BCUT2D eigenvalue weighted by atomic mass is 32.1. The molecule has 2 aromatic carbocycles. The molecule has 3 saturated heterocycles. The van der Waals surface area contributed by atoms with Crippen LogP contribution in [0.5, 0.6) is 5.75 Å². The van der Waals surface area contributed by atoms with E-state index in [0.717, 1.165) is 27.3 Å². The predicted molar refractivity (Wildman–Crippen MR) is 160 cm³/mol. The van der Waals surface area contributed by atoms with Crippen molar-refractivity contribution in [3.63, 3.8) is 0 Å². The first kappa shape index (κ1) is 27.5. The first-order chi connectivity index (χ1) is 20.9. The predicted octanol–water partition coefficient (Wildman–Crippen LogP) is 4.18. The van der Waals surface area contributed by atoms with Crippen molar-refractivity contribution in [2.75, 3.05) is 56.7 Å². The van der Waals surface area contributed by atoms with E-state index in [0.29, 0.717) is 45.1 Å². The third-order valence-electron chi connectivity index (χ3n) is 8.25. The van der Waals surface area contributed by atoms with Gasteiger partial charge in [0.1, 0.15) is 22.8 Å². The van der Waals surface area contributed by atoms with E-state index in [4.69, 9.17) is 14.5 Å². The van der Waals surface area contributed by atoms with Gasteiger partial charge in [0.25, 0.3) is 5.91 Å². The van der Waals surface area contributed by atoms with Crippen LogP contribution in [0.15, 0.2) is 42.6 Å². The SMILES string of the molecule is COc1cccc(F)c1-c1nccc(C(=O)Nc2ccc3sc(C)nc3c2N2C[C@H]3C[C@@H]2CN3C(=O)N2CCOCC2)n1. The van der Waals surface area contributed by atoms with Crippen LogP contribution in [0.25, 0.3) is 21.6 Å². The number of nitrogens with zero attached hydrogens (tertiary/aromatic N) is 6. The molecular formula is C30H30FN7O4S. The number of hydrogen-bond acceptors (Lipinski definition) is 9. The highest BCUT2D eigenvalue weighted by Gasteiger charge is 2.47. The third-order valence-corrected chi connectivity index (χ3v) is 9.19. The molecule has 11 nitrogen and oxygen atoms in total. The molecule has 0 aliphatic carbocycles. The summed E-state index contributed by atoms with van der Waals surface area (Å²) in [5.74, 6) is -0.682. The summed E-state index contributed by atoms with van der Waals surface area (Å²) >= 11 is 1.60. The van der Waals surface area contributed by atoms with Gasteiger partial charge < -0.3 is 29.5 Å². The second-order valence-corrected chi connectivity index (χ2v) is 12.0. The Morgan fingerprint density at radius 1 is 1.09 bits per heavy atom. The third kappa shape index (κ3) is 4.91. The molecule has 43 heavy (non-hydrogen) atoms. The maximum absolute atomic E-state index is 14.7. The standard InChI is InChI=1S/C30H30FN7O4S/c1-17-33-26-24(43-17)7-6-21(27(26)37-15-19-14-18(37)16-38(19)30(40)36-10-12-42-13-11-36)35-29(39)22-8-9-32-28(34-22)25-20(31)4-3-5-23(25)41-2/h3-9,18-19H,10-16H2,1-2H3,(H,35,39)/t18-,19-/m1/s1. The average molecular weight is 604 g/mol. The number of carbonyl (C=O) groups is 2. The molecule has 0 unspecified atom stereocenters. The molecule has 5 heterocycles.